The van der Waals surface area contributed by atoms with Crippen molar-refractivity contribution in [3.63, 3.8) is 0 Å². The first-order valence-electron chi connectivity index (χ1n) is 6.36. The second-order valence-electron chi connectivity index (χ2n) is 4.80. The summed E-state index contributed by atoms with van der Waals surface area (Å²) in [5, 5.41) is 5.89. The predicted octanol–water partition coefficient (Wildman–Crippen LogP) is 1.77. The Morgan fingerprint density at radius 2 is 1.95 bits per heavy atom. The van der Waals surface area contributed by atoms with Crippen LogP contribution in [0.1, 0.15) is 28.8 Å². The van der Waals surface area contributed by atoms with Crippen molar-refractivity contribution in [2.45, 2.75) is 25.1 Å². The topological polar surface area (TPSA) is 67.2 Å². The Hall–Kier alpha value is -1.76. The zero-order valence-electron chi connectivity index (χ0n) is 10.8. The molecule has 4 N–H and O–H groups in total. The number of carbonyl (C=O) groups is 1. The van der Waals surface area contributed by atoms with Crippen LogP contribution in [0, 0.1) is 0 Å². The molecule has 4 nitrogen and oxygen atoms in total. The van der Waals surface area contributed by atoms with Gasteiger partial charge in [0, 0.05) is 17.3 Å². The van der Waals surface area contributed by atoms with E-state index in [4.69, 9.17) is 5.73 Å². The van der Waals surface area contributed by atoms with Crippen molar-refractivity contribution in [3.05, 3.63) is 29.3 Å². The zero-order chi connectivity index (χ0) is 14.8. The van der Waals surface area contributed by atoms with Crippen molar-refractivity contribution in [2.24, 2.45) is 0 Å². The highest BCUT2D eigenvalue weighted by atomic mass is 19.4. The summed E-state index contributed by atoms with van der Waals surface area (Å²) in [5.41, 5.74) is 3.92. The van der Waals surface area contributed by atoms with Gasteiger partial charge in [-0.2, -0.15) is 13.2 Å². The zero-order valence-corrected chi connectivity index (χ0v) is 10.8. The maximum atomic E-state index is 12.7. The number of alkyl halides is 3. The molecule has 0 aromatic heterocycles. The molecule has 20 heavy (non-hydrogen) atoms. The predicted molar refractivity (Wildman–Crippen MR) is 69.2 cm³/mol. The summed E-state index contributed by atoms with van der Waals surface area (Å²) in [6, 6.07) is 3.21. The smallest absolute Gasteiger partial charge is 0.398 e. The molecule has 1 saturated heterocycles. The van der Waals surface area contributed by atoms with Gasteiger partial charge in [0.1, 0.15) is 0 Å². The van der Waals surface area contributed by atoms with Gasteiger partial charge in [-0.05, 0) is 44.1 Å². The monoisotopic (exact) mass is 287 g/mol. The second-order valence-corrected chi connectivity index (χ2v) is 4.80. The molecule has 110 valence electrons. The quantitative estimate of drug-likeness (QED) is 0.726. The van der Waals surface area contributed by atoms with Crippen LogP contribution in [-0.4, -0.2) is 25.0 Å². The van der Waals surface area contributed by atoms with E-state index in [9.17, 15) is 18.0 Å². The first kappa shape index (κ1) is 14.6. The molecule has 0 aliphatic carbocycles. The van der Waals surface area contributed by atoms with Gasteiger partial charge in [-0.3, -0.25) is 4.79 Å². The Balaban J connectivity index is 2.13. The van der Waals surface area contributed by atoms with E-state index in [0.29, 0.717) is 0 Å². The summed E-state index contributed by atoms with van der Waals surface area (Å²) < 4.78 is 38.2. The molecular formula is C13H16F3N3O. The van der Waals surface area contributed by atoms with Gasteiger partial charge in [0.25, 0.3) is 5.91 Å². The average molecular weight is 287 g/mol. The highest BCUT2D eigenvalue weighted by Gasteiger charge is 2.33. The number of hydrogen-bond acceptors (Lipinski definition) is 3. The van der Waals surface area contributed by atoms with Crippen molar-refractivity contribution in [2.75, 3.05) is 18.8 Å². The number of nitrogens with one attached hydrogen (secondary N) is 2. The normalized spacial score (nSPS) is 16.9. The van der Waals surface area contributed by atoms with Gasteiger partial charge in [0.15, 0.2) is 0 Å². The summed E-state index contributed by atoms with van der Waals surface area (Å²) in [7, 11) is 0. The van der Waals surface area contributed by atoms with Gasteiger partial charge in [-0.25, -0.2) is 0 Å². The van der Waals surface area contributed by atoms with Crippen LogP contribution in [0.25, 0.3) is 0 Å². The first-order chi connectivity index (χ1) is 9.38. The maximum absolute atomic E-state index is 12.7. The van der Waals surface area contributed by atoms with Gasteiger partial charge in [0.05, 0.1) is 5.56 Å². The highest BCUT2D eigenvalue weighted by Crippen LogP contribution is 2.34. The lowest BCUT2D eigenvalue weighted by Crippen LogP contribution is -2.42. The number of benzene rings is 1. The minimum absolute atomic E-state index is 0.00404. The van der Waals surface area contributed by atoms with E-state index in [0.717, 1.165) is 38.1 Å². The Labute approximate surface area is 114 Å². The minimum atomic E-state index is -4.56. The van der Waals surface area contributed by atoms with Crippen molar-refractivity contribution < 1.29 is 18.0 Å². The Morgan fingerprint density at radius 1 is 1.30 bits per heavy atom. The number of nitrogens with two attached hydrogens (primary N) is 1. The number of hydrogen-bond donors (Lipinski definition) is 3. The molecule has 0 spiro atoms. The third kappa shape index (κ3) is 3.41. The van der Waals surface area contributed by atoms with Crippen LogP contribution in [0.4, 0.5) is 18.9 Å². The van der Waals surface area contributed by atoms with Crippen LogP contribution >= 0.6 is 0 Å². The standard InChI is InChI=1S/C13H16F3N3O/c14-13(15,16)10-7-8(1-2-11(10)17)12(20)19-9-3-5-18-6-4-9/h1-2,7,9,18H,3-6,17H2,(H,19,20). The first-order valence-corrected chi connectivity index (χ1v) is 6.36. The minimum Gasteiger partial charge on any atom is -0.398 e. The summed E-state index contributed by atoms with van der Waals surface area (Å²) >= 11 is 0. The Kier molecular flexibility index (Phi) is 4.17. The molecule has 7 heteroatoms. The summed E-state index contributed by atoms with van der Waals surface area (Å²) in [5.74, 6) is -0.498. The van der Waals surface area contributed by atoms with Crippen molar-refractivity contribution in [1.82, 2.24) is 10.6 Å². The number of anilines is 1. The number of rotatable bonds is 2. The van der Waals surface area contributed by atoms with Gasteiger partial charge in [-0.15, -0.1) is 0 Å². The van der Waals surface area contributed by atoms with E-state index in [2.05, 4.69) is 10.6 Å². The number of carbonyl (C=O) groups excluding carboxylic acids is 1. The Morgan fingerprint density at radius 3 is 2.55 bits per heavy atom. The van der Waals surface area contributed by atoms with Gasteiger partial charge in [-0.1, -0.05) is 0 Å². The molecule has 0 bridgehead atoms. The second kappa shape index (κ2) is 5.70. The molecule has 1 aliphatic heterocycles. The molecular weight excluding hydrogens is 271 g/mol. The molecule has 0 atom stereocenters. The fraction of sp³-hybridized carbons (Fsp3) is 0.462. The molecule has 0 radical (unpaired) electrons. The average Bonchev–Trinajstić information content (AvgIpc) is 2.39. The van der Waals surface area contributed by atoms with Crippen molar-refractivity contribution >= 4 is 11.6 Å². The van der Waals surface area contributed by atoms with Crippen LogP contribution < -0.4 is 16.4 Å². The maximum Gasteiger partial charge on any atom is 0.418 e. The van der Waals surface area contributed by atoms with Crippen LogP contribution in [0.2, 0.25) is 0 Å². The van der Waals surface area contributed by atoms with Gasteiger partial charge in [0.2, 0.25) is 0 Å². The summed E-state index contributed by atoms with van der Waals surface area (Å²) in [4.78, 5) is 12.0. The number of piperidine rings is 1. The molecule has 0 unspecified atom stereocenters. The van der Waals surface area contributed by atoms with Crippen LogP contribution in [0.3, 0.4) is 0 Å². The molecule has 1 aliphatic rings. The summed E-state index contributed by atoms with van der Waals surface area (Å²) in [6.45, 7) is 1.58. The molecule has 0 saturated carbocycles. The lowest BCUT2D eigenvalue weighted by atomic mass is 10.0. The lowest BCUT2D eigenvalue weighted by Gasteiger charge is -2.23. The molecule has 1 amide bonds. The molecule has 1 heterocycles. The van der Waals surface area contributed by atoms with E-state index in [1.807, 2.05) is 0 Å². The fourth-order valence-corrected chi connectivity index (χ4v) is 2.18. The summed E-state index contributed by atoms with van der Waals surface area (Å²) in [6.07, 6.45) is -3.02. The largest absolute Gasteiger partial charge is 0.418 e. The van der Waals surface area contributed by atoms with Gasteiger partial charge < -0.3 is 16.4 Å². The third-order valence-electron chi connectivity index (χ3n) is 3.30. The van der Waals surface area contributed by atoms with Crippen LogP contribution in [0.5, 0.6) is 0 Å². The SMILES string of the molecule is Nc1ccc(C(=O)NC2CCNCC2)cc1C(F)(F)F. The van der Waals surface area contributed by atoms with E-state index in [1.165, 1.54) is 6.07 Å². The Bertz CT molecular complexity index is 496. The van der Waals surface area contributed by atoms with Crippen molar-refractivity contribution in [3.8, 4) is 0 Å². The number of halogens is 3. The third-order valence-corrected chi connectivity index (χ3v) is 3.30. The van der Waals surface area contributed by atoms with E-state index in [-0.39, 0.29) is 17.3 Å². The molecule has 2 rings (SSSR count). The number of amides is 1. The van der Waals surface area contributed by atoms with E-state index in [1.54, 1.807) is 0 Å². The van der Waals surface area contributed by atoms with Crippen LogP contribution in [-0.2, 0) is 6.18 Å². The molecule has 1 aromatic carbocycles. The highest BCUT2D eigenvalue weighted by molar-refractivity contribution is 5.95. The van der Waals surface area contributed by atoms with E-state index < -0.39 is 17.6 Å². The lowest BCUT2D eigenvalue weighted by molar-refractivity contribution is -0.136. The van der Waals surface area contributed by atoms with Crippen LogP contribution in [0.15, 0.2) is 18.2 Å². The van der Waals surface area contributed by atoms with E-state index >= 15 is 0 Å². The molecule has 1 fully saturated rings. The number of nitrogen functional groups attached to an aromatic ring is 1. The van der Waals surface area contributed by atoms with Gasteiger partial charge >= 0.3 is 6.18 Å². The van der Waals surface area contributed by atoms with Crippen molar-refractivity contribution in [1.29, 1.82) is 0 Å². The fourth-order valence-electron chi connectivity index (χ4n) is 2.18. The molecule has 1 aromatic rings.